The zero-order chi connectivity index (χ0) is 17.5. The van der Waals surface area contributed by atoms with Crippen molar-refractivity contribution in [2.45, 2.75) is 45.5 Å². The lowest BCUT2D eigenvalue weighted by molar-refractivity contribution is 0.117. The molecule has 0 aliphatic rings. The summed E-state index contributed by atoms with van der Waals surface area (Å²) in [6, 6.07) is 9.29. The lowest BCUT2D eigenvalue weighted by Crippen LogP contribution is -2.48. The highest BCUT2D eigenvalue weighted by Crippen LogP contribution is 2.15. The van der Waals surface area contributed by atoms with Crippen LogP contribution in [0.25, 0.3) is 0 Å². The molecule has 1 heterocycles. The van der Waals surface area contributed by atoms with Gasteiger partial charge >= 0.3 is 6.03 Å². The summed E-state index contributed by atoms with van der Waals surface area (Å²) in [5.74, 6) is 0. The van der Waals surface area contributed by atoms with Crippen molar-refractivity contribution in [1.82, 2.24) is 25.0 Å². The van der Waals surface area contributed by atoms with E-state index >= 15 is 0 Å². The molecule has 1 aromatic heterocycles. The molecule has 0 radical (unpaired) electrons. The van der Waals surface area contributed by atoms with Gasteiger partial charge in [0.25, 0.3) is 0 Å². The van der Waals surface area contributed by atoms with Crippen LogP contribution >= 0.6 is 0 Å². The van der Waals surface area contributed by atoms with E-state index < -0.39 is 6.10 Å². The Hall–Kier alpha value is -2.41. The van der Waals surface area contributed by atoms with E-state index in [-0.39, 0.29) is 24.7 Å². The predicted molar refractivity (Wildman–Crippen MR) is 91.3 cm³/mol. The lowest BCUT2D eigenvalue weighted by atomic mass is 10.1. The van der Waals surface area contributed by atoms with Crippen LogP contribution in [0, 0.1) is 0 Å². The number of amides is 2. The van der Waals surface area contributed by atoms with E-state index in [1.54, 1.807) is 22.8 Å². The number of nitrogens with zero attached hydrogens (tertiary/aromatic N) is 4. The van der Waals surface area contributed by atoms with Gasteiger partial charge in [0, 0.05) is 12.6 Å². The summed E-state index contributed by atoms with van der Waals surface area (Å²) in [4.78, 5) is 18.3. The maximum absolute atomic E-state index is 12.7. The second-order valence-electron chi connectivity index (χ2n) is 6.13. The number of benzene rings is 1. The van der Waals surface area contributed by atoms with Crippen molar-refractivity contribution < 1.29 is 9.90 Å². The van der Waals surface area contributed by atoms with Crippen molar-refractivity contribution in [3.8, 4) is 0 Å². The topological polar surface area (TPSA) is 83.3 Å². The molecule has 0 aliphatic carbocycles. The van der Waals surface area contributed by atoms with Crippen LogP contribution in [0.5, 0.6) is 0 Å². The Labute approximate surface area is 142 Å². The monoisotopic (exact) mass is 331 g/mol. The molecule has 7 heteroatoms. The first-order valence-corrected chi connectivity index (χ1v) is 8.10. The lowest BCUT2D eigenvalue weighted by Gasteiger charge is -2.30. The summed E-state index contributed by atoms with van der Waals surface area (Å²) in [6.07, 6.45) is 2.51. The van der Waals surface area contributed by atoms with Gasteiger partial charge in [-0.05, 0) is 26.3 Å². The highest BCUT2D eigenvalue weighted by Gasteiger charge is 2.23. The van der Waals surface area contributed by atoms with Crippen molar-refractivity contribution in [3.05, 3.63) is 48.5 Å². The summed E-state index contributed by atoms with van der Waals surface area (Å²) < 4.78 is 1.69. The summed E-state index contributed by atoms with van der Waals surface area (Å²) in [5.41, 5.74) is 0.988. The summed E-state index contributed by atoms with van der Waals surface area (Å²) in [7, 11) is 0. The van der Waals surface area contributed by atoms with Crippen LogP contribution < -0.4 is 5.32 Å². The van der Waals surface area contributed by atoms with Crippen molar-refractivity contribution in [2.75, 3.05) is 6.54 Å². The molecule has 1 aromatic carbocycles. The molecule has 2 unspecified atom stereocenters. The molecule has 0 saturated heterocycles. The predicted octanol–water partition coefficient (Wildman–Crippen LogP) is 1.82. The van der Waals surface area contributed by atoms with Gasteiger partial charge in [0.1, 0.15) is 12.7 Å². The van der Waals surface area contributed by atoms with Gasteiger partial charge in [-0.15, -0.1) is 0 Å². The molecule has 0 spiro atoms. The van der Waals surface area contributed by atoms with Crippen LogP contribution in [-0.2, 0) is 6.54 Å². The van der Waals surface area contributed by atoms with E-state index in [1.807, 2.05) is 44.2 Å². The standard InChI is InChI=1S/C17H25N5O2/c1-13(2)22(9-14(3)23)17(24)20-16(10-21-12-18-11-19-21)15-7-5-4-6-8-15/h4-8,11-14,16,23H,9-10H2,1-3H3,(H,20,24). The molecule has 0 aliphatic heterocycles. The molecular weight excluding hydrogens is 306 g/mol. The van der Waals surface area contributed by atoms with Gasteiger partial charge in [-0.25, -0.2) is 9.78 Å². The molecule has 2 aromatic rings. The molecule has 130 valence electrons. The molecule has 0 bridgehead atoms. The minimum absolute atomic E-state index is 0.0117. The number of aromatic nitrogens is 3. The average Bonchev–Trinajstić information content (AvgIpc) is 3.05. The third-order valence-corrected chi connectivity index (χ3v) is 3.68. The Balaban J connectivity index is 2.16. The van der Waals surface area contributed by atoms with Crippen molar-refractivity contribution in [1.29, 1.82) is 0 Å². The molecule has 0 saturated carbocycles. The van der Waals surface area contributed by atoms with Gasteiger partial charge in [-0.1, -0.05) is 30.3 Å². The highest BCUT2D eigenvalue weighted by molar-refractivity contribution is 5.75. The maximum Gasteiger partial charge on any atom is 0.318 e. The van der Waals surface area contributed by atoms with E-state index in [1.165, 1.54) is 6.33 Å². The SMILES string of the molecule is CC(O)CN(C(=O)NC(Cn1cncn1)c1ccccc1)C(C)C. The zero-order valence-electron chi connectivity index (χ0n) is 14.3. The second-order valence-corrected chi connectivity index (χ2v) is 6.13. The van der Waals surface area contributed by atoms with E-state index in [9.17, 15) is 9.90 Å². The number of nitrogens with one attached hydrogen (secondary N) is 1. The number of carbonyl (C=O) groups excluding carboxylic acids is 1. The maximum atomic E-state index is 12.7. The van der Waals surface area contributed by atoms with Gasteiger partial charge in [0.05, 0.1) is 18.7 Å². The molecule has 7 nitrogen and oxygen atoms in total. The van der Waals surface area contributed by atoms with Crippen LogP contribution in [0.3, 0.4) is 0 Å². The van der Waals surface area contributed by atoms with Crippen molar-refractivity contribution in [2.24, 2.45) is 0 Å². The molecule has 2 rings (SSSR count). The quantitative estimate of drug-likeness (QED) is 0.811. The van der Waals surface area contributed by atoms with Crippen molar-refractivity contribution >= 4 is 6.03 Å². The Kier molecular flexibility index (Phi) is 6.31. The third kappa shape index (κ3) is 5.06. The van der Waals surface area contributed by atoms with Crippen LogP contribution in [-0.4, -0.2) is 49.5 Å². The van der Waals surface area contributed by atoms with E-state index in [4.69, 9.17) is 0 Å². The summed E-state index contributed by atoms with van der Waals surface area (Å²) in [5, 5.41) is 16.8. The first kappa shape index (κ1) is 17.9. The largest absolute Gasteiger partial charge is 0.392 e. The van der Waals surface area contributed by atoms with Crippen LogP contribution in [0.15, 0.2) is 43.0 Å². The number of aliphatic hydroxyl groups is 1. The third-order valence-electron chi connectivity index (χ3n) is 3.68. The van der Waals surface area contributed by atoms with Gasteiger partial charge < -0.3 is 15.3 Å². The normalized spacial score (nSPS) is 13.5. The molecule has 2 amide bonds. The molecular formula is C17H25N5O2. The summed E-state index contributed by atoms with van der Waals surface area (Å²) in [6.45, 7) is 6.30. The first-order valence-electron chi connectivity index (χ1n) is 8.10. The van der Waals surface area contributed by atoms with Gasteiger partial charge in [-0.3, -0.25) is 4.68 Å². The Morgan fingerprint density at radius 3 is 2.54 bits per heavy atom. The number of hydrogen-bond acceptors (Lipinski definition) is 4. The van der Waals surface area contributed by atoms with Gasteiger partial charge in [-0.2, -0.15) is 5.10 Å². The Morgan fingerprint density at radius 1 is 1.29 bits per heavy atom. The highest BCUT2D eigenvalue weighted by atomic mass is 16.3. The van der Waals surface area contributed by atoms with Crippen LogP contribution in [0.2, 0.25) is 0 Å². The van der Waals surface area contributed by atoms with Gasteiger partial charge in [0.2, 0.25) is 0 Å². The number of carbonyl (C=O) groups is 1. The zero-order valence-corrected chi connectivity index (χ0v) is 14.3. The second kappa shape index (κ2) is 8.44. The number of aliphatic hydroxyl groups excluding tert-OH is 1. The van der Waals surface area contributed by atoms with Crippen LogP contribution in [0.4, 0.5) is 4.79 Å². The van der Waals surface area contributed by atoms with Gasteiger partial charge in [0.15, 0.2) is 0 Å². The minimum Gasteiger partial charge on any atom is -0.392 e. The van der Waals surface area contributed by atoms with E-state index in [0.717, 1.165) is 5.56 Å². The Morgan fingerprint density at radius 2 is 2.00 bits per heavy atom. The fourth-order valence-electron chi connectivity index (χ4n) is 2.48. The number of urea groups is 1. The number of rotatable bonds is 7. The van der Waals surface area contributed by atoms with E-state index in [2.05, 4.69) is 15.4 Å². The first-order chi connectivity index (χ1) is 11.5. The van der Waals surface area contributed by atoms with Crippen LogP contribution in [0.1, 0.15) is 32.4 Å². The van der Waals surface area contributed by atoms with Crippen molar-refractivity contribution in [3.63, 3.8) is 0 Å². The molecule has 2 atom stereocenters. The minimum atomic E-state index is -0.580. The average molecular weight is 331 g/mol. The fourth-order valence-corrected chi connectivity index (χ4v) is 2.48. The smallest absolute Gasteiger partial charge is 0.318 e. The molecule has 2 N–H and O–H groups in total. The number of hydrogen-bond donors (Lipinski definition) is 2. The summed E-state index contributed by atoms with van der Waals surface area (Å²) >= 11 is 0. The Bertz CT molecular complexity index is 613. The molecule has 24 heavy (non-hydrogen) atoms. The van der Waals surface area contributed by atoms with E-state index in [0.29, 0.717) is 6.54 Å². The fraction of sp³-hybridized carbons (Fsp3) is 0.471. The molecule has 0 fully saturated rings.